The van der Waals surface area contributed by atoms with Crippen LogP contribution in [-0.2, 0) is 19.0 Å². The van der Waals surface area contributed by atoms with Crippen LogP contribution in [0.15, 0.2) is 24.3 Å². The Labute approximate surface area is 153 Å². The Kier molecular flexibility index (Phi) is 11.4. The average molecular weight is 370 g/mol. The van der Waals surface area contributed by atoms with E-state index in [0.29, 0.717) is 32.0 Å². The number of Topliss-reactive ketones (excluding diaryl/α,β-unsaturated/α-hetero) is 1. The summed E-state index contributed by atoms with van der Waals surface area (Å²) in [7, 11) is 1.85. The SMILES string of the molecule is CNCCOCCOCCOCC(=O)NC(F)c1cccc(C(C)=O)c1. The number of nitrogens with one attached hydrogen (secondary N) is 2. The van der Waals surface area contributed by atoms with Crippen LogP contribution in [0.4, 0.5) is 4.39 Å². The molecule has 26 heavy (non-hydrogen) atoms. The first-order valence-electron chi connectivity index (χ1n) is 8.46. The van der Waals surface area contributed by atoms with Crippen molar-refractivity contribution in [2.45, 2.75) is 13.2 Å². The van der Waals surface area contributed by atoms with Crippen molar-refractivity contribution in [2.24, 2.45) is 0 Å². The summed E-state index contributed by atoms with van der Waals surface area (Å²) in [4.78, 5) is 23.0. The van der Waals surface area contributed by atoms with E-state index in [0.717, 1.165) is 6.54 Å². The minimum atomic E-state index is -1.70. The van der Waals surface area contributed by atoms with Gasteiger partial charge in [0.2, 0.25) is 5.91 Å². The summed E-state index contributed by atoms with van der Waals surface area (Å²) in [6, 6.07) is 6.09. The van der Waals surface area contributed by atoms with Crippen LogP contribution in [0.1, 0.15) is 29.1 Å². The number of rotatable bonds is 14. The molecule has 0 aliphatic rings. The molecule has 1 rings (SSSR count). The fourth-order valence-corrected chi connectivity index (χ4v) is 1.96. The summed E-state index contributed by atoms with van der Waals surface area (Å²) in [6.45, 7) is 4.01. The topological polar surface area (TPSA) is 85.9 Å². The van der Waals surface area contributed by atoms with Crippen LogP contribution >= 0.6 is 0 Å². The van der Waals surface area contributed by atoms with Crippen LogP contribution in [0.2, 0.25) is 0 Å². The third-order valence-electron chi connectivity index (χ3n) is 3.35. The Morgan fingerprint density at radius 3 is 2.38 bits per heavy atom. The zero-order valence-electron chi connectivity index (χ0n) is 15.3. The van der Waals surface area contributed by atoms with E-state index in [1.807, 2.05) is 7.05 Å². The van der Waals surface area contributed by atoms with Gasteiger partial charge in [-0.15, -0.1) is 0 Å². The summed E-state index contributed by atoms with van der Waals surface area (Å²) in [5.74, 6) is -0.748. The van der Waals surface area contributed by atoms with E-state index in [1.54, 1.807) is 12.1 Å². The van der Waals surface area contributed by atoms with Crippen molar-refractivity contribution < 1.29 is 28.2 Å². The van der Waals surface area contributed by atoms with Gasteiger partial charge in [-0.2, -0.15) is 0 Å². The number of amides is 1. The molecule has 0 spiro atoms. The molecule has 2 N–H and O–H groups in total. The van der Waals surface area contributed by atoms with Crippen molar-refractivity contribution in [3.63, 3.8) is 0 Å². The van der Waals surface area contributed by atoms with Crippen LogP contribution in [0, 0.1) is 0 Å². The Balaban J connectivity index is 2.13. The van der Waals surface area contributed by atoms with Gasteiger partial charge in [0, 0.05) is 17.7 Å². The highest BCUT2D eigenvalue weighted by Gasteiger charge is 2.14. The van der Waals surface area contributed by atoms with E-state index in [2.05, 4.69) is 10.6 Å². The summed E-state index contributed by atoms with van der Waals surface area (Å²) in [6.07, 6.45) is -1.70. The third-order valence-corrected chi connectivity index (χ3v) is 3.35. The summed E-state index contributed by atoms with van der Waals surface area (Å²) in [5.41, 5.74) is 0.607. The first kappa shape index (κ1) is 22.2. The molecule has 0 fully saturated rings. The fraction of sp³-hybridized carbons (Fsp3) is 0.556. The molecule has 0 radical (unpaired) electrons. The minimum Gasteiger partial charge on any atom is -0.378 e. The van der Waals surface area contributed by atoms with Gasteiger partial charge < -0.3 is 24.8 Å². The normalized spacial score (nSPS) is 12.0. The van der Waals surface area contributed by atoms with Gasteiger partial charge in [0.15, 0.2) is 12.1 Å². The van der Waals surface area contributed by atoms with Gasteiger partial charge in [0.1, 0.15) is 6.61 Å². The zero-order valence-corrected chi connectivity index (χ0v) is 15.3. The largest absolute Gasteiger partial charge is 0.378 e. The van der Waals surface area contributed by atoms with Crippen LogP contribution < -0.4 is 10.6 Å². The predicted molar refractivity (Wildman–Crippen MR) is 94.8 cm³/mol. The zero-order chi connectivity index (χ0) is 19.2. The molecule has 1 aromatic carbocycles. The van der Waals surface area contributed by atoms with Gasteiger partial charge in [-0.05, 0) is 20.0 Å². The van der Waals surface area contributed by atoms with E-state index in [1.165, 1.54) is 19.1 Å². The van der Waals surface area contributed by atoms with Crippen molar-refractivity contribution in [3.05, 3.63) is 35.4 Å². The van der Waals surface area contributed by atoms with Crippen LogP contribution in [-0.4, -0.2) is 64.9 Å². The highest BCUT2D eigenvalue weighted by atomic mass is 19.1. The maximum Gasteiger partial charge on any atom is 0.248 e. The highest BCUT2D eigenvalue weighted by molar-refractivity contribution is 5.94. The first-order valence-corrected chi connectivity index (χ1v) is 8.46. The number of alkyl halides is 1. The Bertz CT molecular complexity index is 556. The van der Waals surface area contributed by atoms with Gasteiger partial charge in [-0.3, -0.25) is 9.59 Å². The van der Waals surface area contributed by atoms with Crippen molar-refractivity contribution in [3.8, 4) is 0 Å². The van der Waals surface area contributed by atoms with Gasteiger partial charge >= 0.3 is 0 Å². The van der Waals surface area contributed by atoms with Crippen LogP contribution in [0.5, 0.6) is 0 Å². The molecule has 0 saturated heterocycles. The molecular formula is C18H27FN2O5. The standard InChI is InChI=1S/C18H27FN2O5/c1-14(22)15-4-3-5-16(12-15)18(19)21-17(23)13-26-11-10-25-9-8-24-7-6-20-2/h3-5,12,18,20H,6-11,13H2,1-2H3,(H,21,23). The lowest BCUT2D eigenvalue weighted by Crippen LogP contribution is -2.30. The van der Waals surface area contributed by atoms with Crippen molar-refractivity contribution in [2.75, 3.05) is 53.2 Å². The summed E-state index contributed by atoms with van der Waals surface area (Å²) in [5, 5.41) is 5.15. The van der Waals surface area contributed by atoms with E-state index in [9.17, 15) is 14.0 Å². The Hall–Kier alpha value is -1.87. The maximum atomic E-state index is 14.1. The summed E-state index contributed by atoms with van der Waals surface area (Å²) < 4.78 is 29.8. The molecule has 1 aromatic rings. The molecule has 0 aromatic heterocycles. The molecule has 1 unspecified atom stereocenters. The smallest absolute Gasteiger partial charge is 0.248 e. The van der Waals surface area contributed by atoms with Crippen molar-refractivity contribution in [1.82, 2.24) is 10.6 Å². The van der Waals surface area contributed by atoms with Crippen LogP contribution in [0.25, 0.3) is 0 Å². The van der Waals surface area contributed by atoms with Gasteiger partial charge in [0.25, 0.3) is 0 Å². The van der Waals surface area contributed by atoms with E-state index in [-0.39, 0.29) is 24.6 Å². The molecule has 0 aliphatic carbocycles. The second-order valence-corrected chi connectivity index (χ2v) is 5.49. The molecule has 1 amide bonds. The first-order chi connectivity index (χ1) is 12.5. The van der Waals surface area contributed by atoms with E-state index >= 15 is 0 Å². The number of ether oxygens (including phenoxy) is 3. The number of carbonyl (C=O) groups excluding carboxylic acids is 2. The quantitative estimate of drug-likeness (QED) is 0.291. The van der Waals surface area contributed by atoms with Crippen molar-refractivity contribution in [1.29, 1.82) is 0 Å². The number of likely N-dealkylation sites (N-methyl/N-ethyl adjacent to an activating group) is 1. The lowest BCUT2D eigenvalue weighted by atomic mass is 10.1. The monoisotopic (exact) mass is 370 g/mol. The number of carbonyl (C=O) groups is 2. The summed E-state index contributed by atoms with van der Waals surface area (Å²) >= 11 is 0. The molecule has 8 heteroatoms. The second-order valence-electron chi connectivity index (χ2n) is 5.49. The second kappa shape index (κ2) is 13.3. The number of hydrogen-bond acceptors (Lipinski definition) is 6. The molecule has 146 valence electrons. The van der Waals surface area contributed by atoms with Gasteiger partial charge in [-0.1, -0.05) is 18.2 Å². The lowest BCUT2D eigenvalue weighted by molar-refractivity contribution is -0.128. The molecule has 0 heterocycles. The van der Waals surface area contributed by atoms with Gasteiger partial charge in [-0.25, -0.2) is 4.39 Å². The van der Waals surface area contributed by atoms with E-state index < -0.39 is 12.2 Å². The Morgan fingerprint density at radius 1 is 1.08 bits per heavy atom. The highest BCUT2D eigenvalue weighted by Crippen LogP contribution is 2.16. The number of ketones is 1. The van der Waals surface area contributed by atoms with Crippen LogP contribution in [0.3, 0.4) is 0 Å². The molecule has 0 saturated carbocycles. The maximum absolute atomic E-state index is 14.1. The lowest BCUT2D eigenvalue weighted by Gasteiger charge is -2.12. The molecule has 0 bridgehead atoms. The number of halogens is 1. The van der Waals surface area contributed by atoms with Gasteiger partial charge in [0.05, 0.1) is 33.0 Å². The molecule has 1 atom stereocenters. The Morgan fingerprint density at radius 2 is 1.73 bits per heavy atom. The van der Waals surface area contributed by atoms with E-state index in [4.69, 9.17) is 14.2 Å². The molecule has 0 aliphatic heterocycles. The number of benzene rings is 1. The fourth-order valence-electron chi connectivity index (χ4n) is 1.96. The number of hydrogen-bond donors (Lipinski definition) is 2. The molecule has 7 nitrogen and oxygen atoms in total. The average Bonchev–Trinajstić information content (AvgIpc) is 2.63. The molecular weight excluding hydrogens is 343 g/mol. The predicted octanol–water partition coefficient (Wildman–Crippen LogP) is 1.24. The minimum absolute atomic E-state index is 0.166. The van der Waals surface area contributed by atoms with Crippen molar-refractivity contribution >= 4 is 11.7 Å². The third kappa shape index (κ3) is 9.57.